The van der Waals surface area contributed by atoms with Gasteiger partial charge in [-0.2, -0.15) is 0 Å². The Kier molecular flexibility index (Phi) is 4.17. The maximum absolute atomic E-state index is 10.1. The van der Waals surface area contributed by atoms with Crippen molar-refractivity contribution < 1.29 is 16.9 Å². The van der Waals surface area contributed by atoms with E-state index in [1.54, 1.807) is 16.7 Å². The van der Waals surface area contributed by atoms with Crippen LogP contribution in [0.1, 0.15) is 43.2 Å². The molecule has 0 spiro atoms. The Hall–Kier alpha value is -1.85. The molecule has 0 aromatic heterocycles. The Balaban J connectivity index is 0.000000276. The molecule has 120 valence electrons. The van der Waals surface area contributed by atoms with Crippen LogP contribution in [0.3, 0.4) is 0 Å². The molecule has 3 nitrogen and oxygen atoms in total. The first kappa shape index (κ1) is 16.0. The summed E-state index contributed by atoms with van der Waals surface area (Å²) in [4.78, 5) is 0. The molecule has 4 rings (SSSR count). The van der Waals surface area contributed by atoms with Crippen molar-refractivity contribution in [1.29, 1.82) is 0 Å². The minimum absolute atomic E-state index is 0.558. The van der Waals surface area contributed by atoms with Crippen molar-refractivity contribution in [3.05, 3.63) is 59.5 Å². The van der Waals surface area contributed by atoms with E-state index in [-0.39, 0.29) is 0 Å². The largest absolute Gasteiger partial charge is 0.722 e. The highest BCUT2D eigenvalue weighted by molar-refractivity contribution is 7.80. The third kappa shape index (κ3) is 3.41. The quantitative estimate of drug-likeness (QED) is 0.405. The fraction of sp³-hybridized carbons (Fsp3) is 0.278. The van der Waals surface area contributed by atoms with Gasteiger partial charge >= 0.3 is 0 Å². The zero-order valence-corrected chi connectivity index (χ0v) is 13.6. The summed E-state index contributed by atoms with van der Waals surface area (Å²) in [7, 11) is -5.42. The molecular weight excluding hydrogens is 315 g/mol. The number of hydrogen-bond acceptors (Lipinski definition) is 3. The van der Waals surface area contributed by atoms with E-state index in [4.69, 9.17) is 13.0 Å². The second kappa shape index (κ2) is 5.98. The first-order valence-electron chi connectivity index (χ1n) is 7.59. The van der Waals surface area contributed by atoms with Gasteiger partial charge in [0.05, 0.1) is 23.5 Å². The molecule has 0 saturated carbocycles. The summed E-state index contributed by atoms with van der Waals surface area (Å²) < 4.78 is 35.3. The monoisotopic (exact) mass is 332 g/mol. The summed E-state index contributed by atoms with van der Waals surface area (Å²) in [6, 6.07) is 13.4. The molecule has 0 radical (unpaired) electrons. The molecule has 5 heteroatoms. The molecule has 2 aromatic carbocycles. The van der Waals surface area contributed by atoms with Gasteiger partial charge in [0.1, 0.15) is 5.57 Å². The average molecular weight is 332 g/mol. The summed E-state index contributed by atoms with van der Waals surface area (Å²) in [5.41, 5.74) is 6.31. The predicted molar refractivity (Wildman–Crippen MR) is 88.2 cm³/mol. The molecule has 0 bridgehead atoms. The summed E-state index contributed by atoms with van der Waals surface area (Å²) in [5, 5.41) is 2.82. The van der Waals surface area contributed by atoms with Gasteiger partial charge in [0.15, 0.2) is 0 Å². The number of allylic oxidation sites excluding steroid dienone is 2. The lowest BCUT2D eigenvalue weighted by Gasteiger charge is -2.19. The van der Waals surface area contributed by atoms with Gasteiger partial charge in [0, 0.05) is 18.4 Å². The fourth-order valence-corrected chi connectivity index (χ4v) is 3.69. The van der Waals surface area contributed by atoms with Crippen LogP contribution < -0.4 is 0 Å². The fourth-order valence-electron chi connectivity index (χ4n) is 3.69. The lowest BCUT2D eigenvalue weighted by atomic mass is 9.78. The van der Waals surface area contributed by atoms with Crippen LogP contribution in [0.25, 0.3) is 16.3 Å². The highest BCUT2D eigenvalue weighted by atomic mass is 32.3. The van der Waals surface area contributed by atoms with Crippen molar-refractivity contribution in [2.45, 2.75) is 32.1 Å². The summed E-state index contributed by atoms with van der Waals surface area (Å²) in [6.07, 6.45) is 6.38. The average Bonchev–Trinajstić information content (AvgIpc) is 2.93. The predicted octanol–water partition coefficient (Wildman–Crippen LogP) is 4.51. The minimum atomic E-state index is -5.42. The zero-order valence-electron chi connectivity index (χ0n) is 12.8. The molecule has 0 saturated heterocycles. The lowest BCUT2D eigenvalue weighted by Crippen LogP contribution is -2.07. The molecule has 0 fully saturated rings. The van der Waals surface area contributed by atoms with Gasteiger partial charge in [0.2, 0.25) is 0 Å². The van der Waals surface area contributed by atoms with E-state index in [1.807, 2.05) is 0 Å². The second-order valence-corrected chi connectivity index (χ2v) is 6.74. The van der Waals surface area contributed by atoms with Crippen LogP contribution in [0.4, 0.5) is 3.89 Å². The standard InChI is InChI=1S/C18H17.FHO3S/c1-12-11-14-6-4-8-15(14)17-10-9-13-5-2-3-7-16(13)18(12)17;1-5(2,3)4/h2-3,5,7,9-12H,4,6,8H2,1H3;(H,2,3,4)/q+1;/p-1. The van der Waals surface area contributed by atoms with Crippen molar-refractivity contribution >= 4 is 26.8 Å². The van der Waals surface area contributed by atoms with Gasteiger partial charge in [-0.1, -0.05) is 30.3 Å². The Bertz CT molecular complexity index is 876. The van der Waals surface area contributed by atoms with Crippen LogP contribution in [-0.4, -0.2) is 13.0 Å². The topological polar surface area (TPSA) is 57.2 Å². The van der Waals surface area contributed by atoms with Crippen molar-refractivity contribution in [3.63, 3.8) is 0 Å². The van der Waals surface area contributed by atoms with E-state index in [0.29, 0.717) is 5.92 Å². The Morgan fingerprint density at radius 1 is 1.17 bits per heavy atom. The first-order valence-corrected chi connectivity index (χ1v) is 8.90. The van der Waals surface area contributed by atoms with E-state index in [1.165, 1.54) is 35.6 Å². The van der Waals surface area contributed by atoms with Crippen molar-refractivity contribution in [3.8, 4) is 0 Å². The van der Waals surface area contributed by atoms with Crippen molar-refractivity contribution in [1.82, 2.24) is 0 Å². The molecule has 0 N–H and O–H groups in total. The highest BCUT2D eigenvalue weighted by Crippen LogP contribution is 2.47. The highest BCUT2D eigenvalue weighted by Gasteiger charge is 2.36. The SMILES string of the molecule is CC1[CH+]C2=C(CCC2)c2ccc3ccccc3c21.O=S(=O)([O-])F. The maximum atomic E-state index is 10.1. The third-order valence-corrected chi connectivity index (χ3v) is 4.46. The first-order chi connectivity index (χ1) is 10.8. The second-order valence-electron chi connectivity index (χ2n) is 5.95. The minimum Gasteiger partial charge on any atom is -0.722 e. The molecule has 2 aliphatic rings. The van der Waals surface area contributed by atoms with Gasteiger partial charge in [-0.25, -0.2) is 8.42 Å². The Labute approximate surface area is 135 Å². The molecule has 0 aliphatic heterocycles. The summed E-state index contributed by atoms with van der Waals surface area (Å²) >= 11 is 0. The molecule has 2 aromatic rings. The number of halogens is 1. The molecule has 1 unspecified atom stereocenters. The van der Waals surface area contributed by atoms with Crippen LogP contribution in [-0.2, 0) is 10.5 Å². The third-order valence-electron chi connectivity index (χ3n) is 4.46. The van der Waals surface area contributed by atoms with Crippen LogP contribution in [0.2, 0.25) is 0 Å². The van der Waals surface area contributed by atoms with Gasteiger partial charge < -0.3 is 4.55 Å². The van der Waals surface area contributed by atoms with Crippen LogP contribution >= 0.6 is 0 Å². The van der Waals surface area contributed by atoms with E-state index in [0.717, 1.165) is 0 Å². The molecule has 23 heavy (non-hydrogen) atoms. The van der Waals surface area contributed by atoms with E-state index < -0.39 is 10.5 Å². The number of benzene rings is 2. The van der Waals surface area contributed by atoms with Gasteiger partial charge in [-0.3, -0.25) is 0 Å². The number of fused-ring (bicyclic) bond motifs is 4. The maximum Gasteiger partial charge on any atom is 0.255 e. The summed E-state index contributed by atoms with van der Waals surface area (Å²) in [6.45, 7) is 2.34. The molecule has 1 atom stereocenters. The zero-order chi connectivity index (χ0) is 16.6. The van der Waals surface area contributed by atoms with Crippen LogP contribution in [0, 0.1) is 6.42 Å². The number of rotatable bonds is 0. The van der Waals surface area contributed by atoms with Gasteiger partial charge in [-0.15, -0.1) is 3.89 Å². The molecule has 0 amide bonds. The van der Waals surface area contributed by atoms with Crippen molar-refractivity contribution in [2.75, 3.05) is 0 Å². The number of hydrogen-bond donors (Lipinski definition) is 0. The van der Waals surface area contributed by atoms with Crippen LogP contribution in [0.15, 0.2) is 42.0 Å². The van der Waals surface area contributed by atoms with E-state index in [2.05, 4.69) is 49.7 Å². The smallest absolute Gasteiger partial charge is 0.255 e. The van der Waals surface area contributed by atoms with Crippen molar-refractivity contribution in [2.24, 2.45) is 0 Å². The molecular formula is C18H17FO3S. The van der Waals surface area contributed by atoms with Gasteiger partial charge in [0.25, 0.3) is 10.5 Å². The van der Waals surface area contributed by atoms with E-state index >= 15 is 0 Å². The Morgan fingerprint density at radius 2 is 1.87 bits per heavy atom. The van der Waals surface area contributed by atoms with E-state index in [9.17, 15) is 3.89 Å². The Morgan fingerprint density at radius 3 is 2.61 bits per heavy atom. The lowest BCUT2D eigenvalue weighted by molar-refractivity contribution is 0.417. The molecule has 2 aliphatic carbocycles. The van der Waals surface area contributed by atoms with Crippen LogP contribution in [0.5, 0.6) is 0 Å². The van der Waals surface area contributed by atoms with Gasteiger partial charge in [-0.05, 0) is 30.2 Å². The normalized spacial score (nSPS) is 19.5. The summed E-state index contributed by atoms with van der Waals surface area (Å²) in [5.74, 6) is 0.558. The molecule has 0 heterocycles.